The van der Waals surface area contributed by atoms with Crippen LogP contribution < -0.4 is 33.2 Å². The lowest BCUT2D eigenvalue weighted by Crippen LogP contribution is -2.60. The van der Waals surface area contributed by atoms with E-state index in [1.54, 1.807) is 19.1 Å². The second kappa shape index (κ2) is 16.1. The molecule has 0 aliphatic carbocycles. The van der Waals surface area contributed by atoms with Gasteiger partial charge < -0.3 is 48.5 Å². The molecule has 0 aliphatic rings. The molecule has 39 heavy (non-hydrogen) atoms. The summed E-state index contributed by atoms with van der Waals surface area (Å²) in [6, 6.07) is 1.08. The molecule has 6 unspecified atom stereocenters. The molecule has 1 aromatic carbocycles. The zero-order valence-corrected chi connectivity index (χ0v) is 22.5. The van der Waals surface area contributed by atoms with Crippen LogP contribution in [0.5, 0.6) is 5.75 Å². The normalized spacial score (nSPS) is 15.5. The number of aliphatic hydroxyl groups is 1. The van der Waals surface area contributed by atoms with Crippen LogP contribution in [0.3, 0.4) is 0 Å². The van der Waals surface area contributed by atoms with Gasteiger partial charge in [-0.05, 0) is 43.4 Å². The van der Waals surface area contributed by atoms with Crippen molar-refractivity contribution in [2.45, 2.75) is 76.7 Å². The number of phenols is 1. The molecule has 0 heterocycles. The number of rotatable bonds is 16. The summed E-state index contributed by atoms with van der Waals surface area (Å²) < 4.78 is 0. The monoisotopic (exact) mass is 551 g/mol. The van der Waals surface area contributed by atoms with Gasteiger partial charge in [0, 0.05) is 13.0 Å². The number of carbonyl (C=O) groups excluding carboxylic acids is 3. The number of benzene rings is 1. The van der Waals surface area contributed by atoms with Gasteiger partial charge in [-0.15, -0.1) is 0 Å². The van der Waals surface area contributed by atoms with E-state index in [1.807, 2.05) is 6.92 Å². The van der Waals surface area contributed by atoms with E-state index in [0.29, 0.717) is 12.0 Å². The third-order valence-corrected chi connectivity index (χ3v) is 6.18. The molecule has 12 N–H and O–H groups in total. The fraction of sp³-hybridized carbons (Fsp3) is 0.560. The lowest BCUT2D eigenvalue weighted by atomic mass is 9.96. The van der Waals surface area contributed by atoms with Crippen LogP contribution in [-0.4, -0.2) is 81.8 Å². The molecule has 6 atom stereocenters. The standard InChI is InChI=1S/C25H41N7O7/c1-4-13(2)20(32-22(36)19(26)14(3)33)23(37)31-18(12-15-7-9-16(34)10-8-15)21(35)30-17(24(38)39)6-5-11-29-25(27)28/h7-10,13-14,17-20,33-34H,4-6,11-12,26H2,1-3H3,(H,30,35)(H,31,37)(H,32,36)(H,38,39)(H4,27,28,29). The van der Waals surface area contributed by atoms with Crippen molar-refractivity contribution < 1.29 is 34.5 Å². The predicted molar refractivity (Wildman–Crippen MR) is 144 cm³/mol. The minimum atomic E-state index is -1.28. The van der Waals surface area contributed by atoms with Gasteiger partial charge in [0.05, 0.1) is 6.10 Å². The first-order chi connectivity index (χ1) is 18.3. The summed E-state index contributed by atoms with van der Waals surface area (Å²) in [5.74, 6) is -3.97. The Morgan fingerprint density at radius 3 is 2.05 bits per heavy atom. The summed E-state index contributed by atoms with van der Waals surface area (Å²) in [6.07, 6.45) is -0.393. The molecule has 0 spiro atoms. The highest BCUT2D eigenvalue weighted by Gasteiger charge is 2.33. The van der Waals surface area contributed by atoms with Crippen molar-refractivity contribution in [3.05, 3.63) is 29.8 Å². The maximum Gasteiger partial charge on any atom is 0.326 e. The number of amides is 3. The zero-order valence-electron chi connectivity index (χ0n) is 22.5. The van der Waals surface area contributed by atoms with E-state index in [4.69, 9.17) is 17.2 Å². The predicted octanol–water partition coefficient (Wildman–Crippen LogP) is -1.72. The highest BCUT2D eigenvalue weighted by atomic mass is 16.4. The van der Waals surface area contributed by atoms with Crippen molar-refractivity contribution in [3.8, 4) is 5.75 Å². The molecule has 218 valence electrons. The Kier molecular flexibility index (Phi) is 13.7. The SMILES string of the molecule is CCC(C)C(NC(=O)C(N)C(C)O)C(=O)NC(Cc1ccc(O)cc1)C(=O)NC(CCCN=C(N)N)C(=O)O. The Morgan fingerprint density at radius 1 is 0.949 bits per heavy atom. The van der Waals surface area contributed by atoms with Crippen LogP contribution in [-0.2, 0) is 25.6 Å². The van der Waals surface area contributed by atoms with Gasteiger partial charge >= 0.3 is 5.97 Å². The van der Waals surface area contributed by atoms with E-state index in [1.165, 1.54) is 19.1 Å². The molecular weight excluding hydrogens is 510 g/mol. The molecule has 0 saturated carbocycles. The highest BCUT2D eigenvalue weighted by molar-refractivity contribution is 5.94. The van der Waals surface area contributed by atoms with E-state index in [2.05, 4.69) is 20.9 Å². The number of nitrogens with zero attached hydrogens (tertiary/aromatic N) is 1. The summed E-state index contributed by atoms with van der Waals surface area (Å²) in [5, 5.41) is 36.4. The van der Waals surface area contributed by atoms with Gasteiger partial charge in [-0.2, -0.15) is 0 Å². The van der Waals surface area contributed by atoms with E-state index in [0.717, 1.165) is 0 Å². The van der Waals surface area contributed by atoms with Gasteiger partial charge in [0.1, 0.15) is 29.9 Å². The van der Waals surface area contributed by atoms with E-state index in [9.17, 15) is 34.5 Å². The zero-order chi connectivity index (χ0) is 29.7. The molecule has 0 radical (unpaired) electrons. The number of phenolic OH excluding ortho intramolecular Hbond substituents is 1. The van der Waals surface area contributed by atoms with Crippen molar-refractivity contribution in [2.75, 3.05) is 6.54 Å². The summed E-state index contributed by atoms with van der Waals surface area (Å²) in [6.45, 7) is 5.05. The number of aliphatic carboxylic acids is 1. The number of aliphatic hydroxyl groups excluding tert-OH is 1. The maximum atomic E-state index is 13.3. The van der Waals surface area contributed by atoms with E-state index in [-0.39, 0.29) is 43.4 Å². The highest BCUT2D eigenvalue weighted by Crippen LogP contribution is 2.14. The average molecular weight is 552 g/mol. The smallest absolute Gasteiger partial charge is 0.326 e. The summed E-state index contributed by atoms with van der Waals surface area (Å²) in [5.41, 5.74) is 16.8. The molecule has 0 aliphatic heterocycles. The number of guanidine groups is 1. The Hall–Kier alpha value is -3.91. The van der Waals surface area contributed by atoms with Crippen LogP contribution in [0.4, 0.5) is 0 Å². The Labute approximate surface area is 227 Å². The molecular formula is C25H41N7O7. The van der Waals surface area contributed by atoms with Gasteiger partial charge in [-0.1, -0.05) is 32.4 Å². The number of nitrogens with two attached hydrogens (primary N) is 3. The van der Waals surface area contributed by atoms with Gasteiger partial charge in [0.15, 0.2) is 5.96 Å². The van der Waals surface area contributed by atoms with Crippen molar-refractivity contribution >= 4 is 29.7 Å². The largest absolute Gasteiger partial charge is 0.508 e. The number of hydrogen-bond donors (Lipinski definition) is 9. The average Bonchev–Trinajstić information content (AvgIpc) is 2.88. The molecule has 1 aromatic rings. The Morgan fingerprint density at radius 2 is 1.54 bits per heavy atom. The van der Waals surface area contributed by atoms with Gasteiger partial charge in [0.2, 0.25) is 17.7 Å². The van der Waals surface area contributed by atoms with Crippen LogP contribution >= 0.6 is 0 Å². The summed E-state index contributed by atoms with van der Waals surface area (Å²) in [7, 11) is 0. The molecule has 0 saturated heterocycles. The van der Waals surface area contributed by atoms with Gasteiger partial charge in [-0.3, -0.25) is 19.4 Å². The van der Waals surface area contributed by atoms with E-state index < -0.39 is 54.0 Å². The second-order valence-corrected chi connectivity index (χ2v) is 9.42. The first kappa shape index (κ1) is 33.1. The Bertz CT molecular complexity index is 997. The van der Waals surface area contributed by atoms with Gasteiger partial charge in [-0.25, -0.2) is 4.79 Å². The number of hydrogen-bond acceptors (Lipinski definition) is 8. The quantitative estimate of drug-likeness (QED) is 0.0638. The van der Waals surface area contributed by atoms with Crippen molar-refractivity contribution in [1.29, 1.82) is 0 Å². The van der Waals surface area contributed by atoms with Crippen LogP contribution in [0.1, 0.15) is 45.6 Å². The molecule has 0 fully saturated rings. The summed E-state index contributed by atoms with van der Waals surface area (Å²) >= 11 is 0. The first-order valence-corrected chi connectivity index (χ1v) is 12.7. The molecule has 0 bridgehead atoms. The second-order valence-electron chi connectivity index (χ2n) is 9.42. The minimum absolute atomic E-state index is 0.00417. The van der Waals surface area contributed by atoms with Crippen molar-refractivity contribution in [2.24, 2.45) is 28.1 Å². The Balaban J connectivity index is 3.16. The third-order valence-electron chi connectivity index (χ3n) is 6.18. The number of carbonyl (C=O) groups is 4. The van der Waals surface area contributed by atoms with Gasteiger partial charge in [0.25, 0.3) is 0 Å². The molecule has 3 amide bonds. The fourth-order valence-electron chi connectivity index (χ4n) is 3.54. The summed E-state index contributed by atoms with van der Waals surface area (Å²) in [4.78, 5) is 54.6. The molecule has 14 nitrogen and oxygen atoms in total. The number of carboxylic acid groups (broad SMARTS) is 1. The topological polar surface area (TPSA) is 255 Å². The van der Waals surface area contributed by atoms with Crippen molar-refractivity contribution in [3.63, 3.8) is 0 Å². The van der Waals surface area contributed by atoms with Crippen LogP contribution in [0, 0.1) is 5.92 Å². The molecule has 14 heteroatoms. The first-order valence-electron chi connectivity index (χ1n) is 12.7. The third kappa shape index (κ3) is 11.6. The lowest BCUT2D eigenvalue weighted by Gasteiger charge is -2.28. The fourth-order valence-corrected chi connectivity index (χ4v) is 3.54. The van der Waals surface area contributed by atoms with Crippen LogP contribution in [0.15, 0.2) is 29.3 Å². The van der Waals surface area contributed by atoms with E-state index >= 15 is 0 Å². The number of nitrogens with one attached hydrogen (secondary N) is 3. The maximum absolute atomic E-state index is 13.3. The number of aromatic hydroxyl groups is 1. The minimum Gasteiger partial charge on any atom is -0.508 e. The molecule has 0 aromatic heterocycles. The number of carboxylic acids is 1. The van der Waals surface area contributed by atoms with Crippen LogP contribution in [0.2, 0.25) is 0 Å². The molecule has 1 rings (SSSR count). The van der Waals surface area contributed by atoms with Crippen molar-refractivity contribution in [1.82, 2.24) is 16.0 Å². The lowest BCUT2D eigenvalue weighted by molar-refractivity contribution is -0.142. The van der Waals surface area contributed by atoms with Crippen LogP contribution in [0.25, 0.3) is 0 Å². The number of aliphatic imine (C=N–C) groups is 1.